The van der Waals surface area contributed by atoms with Crippen molar-refractivity contribution in [3.63, 3.8) is 0 Å². The first-order valence-corrected chi connectivity index (χ1v) is 5.94. The fourth-order valence-corrected chi connectivity index (χ4v) is 2.29. The zero-order valence-corrected chi connectivity index (χ0v) is 10.6. The quantitative estimate of drug-likeness (QED) is 0.390. The fourth-order valence-electron chi connectivity index (χ4n) is 1.94. The highest BCUT2D eigenvalue weighted by molar-refractivity contribution is 9.10. The maximum Gasteiger partial charge on any atom is 0.294 e. The topological polar surface area (TPSA) is 74.1 Å². The highest BCUT2D eigenvalue weighted by atomic mass is 79.9. The first-order valence-electron chi connectivity index (χ1n) is 5.15. The minimum atomic E-state index is -0.0542. The molecule has 18 heavy (non-hydrogen) atoms. The van der Waals surface area contributed by atoms with E-state index in [1.165, 1.54) is 18.2 Å². The van der Waals surface area contributed by atoms with Crippen LogP contribution in [0.15, 0.2) is 40.9 Å². The van der Waals surface area contributed by atoms with E-state index in [0.717, 1.165) is 0 Å². The summed E-state index contributed by atoms with van der Waals surface area (Å²) in [5, 5.41) is 33.7. The molecule has 5 nitrogen and oxygen atoms in total. The predicted octanol–water partition coefficient (Wildman–Crippen LogP) is 1.73. The molecule has 0 aliphatic carbocycles. The number of aromatic nitrogens is 2. The van der Waals surface area contributed by atoms with Crippen molar-refractivity contribution in [3.05, 3.63) is 51.3 Å². The summed E-state index contributed by atoms with van der Waals surface area (Å²) in [6.45, 7) is 0. The van der Waals surface area contributed by atoms with Crippen molar-refractivity contribution in [1.82, 2.24) is 0 Å². The van der Waals surface area contributed by atoms with Gasteiger partial charge in [-0.05, 0) is 12.1 Å². The van der Waals surface area contributed by atoms with Crippen LogP contribution in [-0.4, -0.2) is 5.11 Å². The molecule has 1 aromatic heterocycles. The smallest absolute Gasteiger partial charge is 0.294 e. The SMILES string of the molecule is [O-][n+]1c2ccc(O)cc2[n+]([O-])c2cc(Br)ccc21. The van der Waals surface area contributed by atoms with Crippen LogP contribution in [-0.2, 0) is 0 Å². The van der Waals surface area contributed by atoms with E-state index in [4.69, 9.17) is 0 Å². The molecule has 0 bridgehead atoms. The van der Waals surface area contributed by atoms with Crippen molar-refractivity contribution in [2.75, 3.05) is 0 Å². The van der Waals surface area contributed by atoms with Gasteiger partial charge in [-0.1, -0.05) is 15.9 Å². The highest BCUT2D eigenvalue weighted by Gasteiger charge is 2.21. The lowest BCUT2D eigenvalue weighted by Gasteiger charge is -2.07. The Morgan fingerprint density at radius 2 is 1.39 bits per heavy atom. The molecule has 0 radical (unpaired) electrons. The van der Waals surface area contributed by atoms with Crippen LogP contribution in [0, 0.1) is 10.4 Å². The van der Waals surface area contributed by atoms with Crippen LogP contribution >= 0.6 is 15.9 Å². The molecule has 2 aromatic carbocycles. The summed E-state index contributed by atoms with van der Waals surface area (Å²) in [4.78, 5) is 0. The Kier molecular flexibility index (Phi) is 2.27. The fraction of sp³-hybridized carbons (Fsp3) is 0. The van der Waals surface area contributed by atoms with Crippen molar-refractivity contribution in [3.8, 4) is 5.75 Å². The predicted molar refractivity (Wildman–Crippen MR) is 68.7 cm³/mol. The van der Waals surface area contributed by atoms with Gasteiger partial charge in [0.25, 0.3) is 22.1 Å². The molecule has 0 aliphatic heterocycles. The minimum absolute atomic E-state index is 0.0542. The average molecular weight is 307 g/mol. The highest BCUT2D eigenvalue weighted by Crippen LogP contribution is 2.19. The molecule has 0 saturated heterocycles. The lowest BCUT2D eigenvalue weighted by molar-refractivity contribution is -0.591. The third-order valence-corrected chi connectivity index (χ3v) is 3.26. The number of phenols is 1. The molecule has 3 rings (SSSR count). The van der Waals surface area contributed by atoms with Crippen LogP contribution in [0.2, 0.25) is 0 Å². The summed E-state index contributed by atoms with van der Waals surface area (Å²) in [7, 11) is 0. The summed E-state index contributed by atoms with van der Waals surface area (Å²) in [6.07, 6.45) is 0. The second kappa shape index (κ2) is 3.71. The Bertz CT molecular complexity index is 726. The lowest BCUT2D eigenvalue weighted by Crippen LogP contribution is -2.39. The summed E-state index contributed by atoms with van der Waals surface area (Å²) in [5.41, 5.74) is 0.886. The Labute approximate surface area is 110 Å². The van der Waals surface area contributed by atoms with E-state index in [2.05, 4.69) is 15.9 Å². The van der Waals surface area contributed by atoms with Gasteiger partial charge in [-0.15, -0.1) is 0 Å². The molecule has 0 fully saturated rings. The van der Waals surface area contributed by atoms with Crippen LogP contribution in [0.25, 0.3) is 22.1 Å². The first kappa shape index (κ1) is 11.0. The number of phenolic OH excluding ortho intramolecular Hbond substituents is 1. The Hall–Kier alpha value is -2.08. The zero-order chi connectivity index (χ0) is 12.9. The number of benzene rings is 2. The standard InChI is InChI=1S/C12H7BrN2O3/c13-7-1-3-9-11(5-7)15(18)12-6-8(16)2-4-10(12)14(9)17/h1-6,16H. The summed E-state index contributed by atoms with van der Waals surface area (Å²) in [6, 6.07) is 8.92. The van der Waals surface area contributed by atoms with Gasteiger partial charge in [0.05, 0.1) is 6.07 Å². The molecule has 1 heterocycles. The molecule has 0 spiro atoms. The van der Waals surface area contributed by atoms with Gasteiger partial charge in [-0.3, -0.25) is 0 Å². The van der Waals surface area contributed by atoms with Gasteiger partial charge in [-0.25, -0.2) is 0 Å². The van der Waals surface area contributed by atoms with E-state index in [9.17, 15) is 15.5 Å². The lowest BCUT2D eigenvalue weighted by atomic mass is 10.2. The van der Waals surface area contributed by atoms with Crippen LogP contribution in [0.4, 0.5) is 0 Å². The largest absolute Gasteiger partial charge is 0.617 e. The first-order chi connectivity index (χ1) is 8.58. The van der Waals surface area contributed by atoms with Crippen molar-refractivity contribution in [1.29, 1.82) is 0 Å². The summed E-state index contributed by atoms with van der Waals surface area (Å²) in [5.74, 6) is -0.0542. The second-order valence-electron chi connectivity index (χ2n) is 3.89. The van der Waals surface area contributed by atoms with E-state index < -0.39 is 0 Å². The molecule has 0 saturated carbocycles. The van der Waals surface area contributed by atoms with E-state index >= 15 is 0 Å². The molecule has 1 N–H and O–H groups in total. The van der Waals surface area contributed by atoms with Crippen LogP contribution < -0.4 is 9.46 Å². The number of hydrogen-bond donors (Lipinski definition) is 1. The number of nitrogens with zero attached hydrogens (tertiary/aromatic N) is 2. The number of hydrogen-bond acceptors (Lipinski definition) is 3. The number of halogens is 1. The molecule has 0 unspecified atom stereocenters. The number of rotatable bonds is 0. The normalized spacial score (nSPS) is 11.2. The van der Waals surface area contributed by atoms with Gasteiger partial charge in [0.2, 0.25) is 0 Å². The van der Waals surface area contributed by atoms with Gasteiger partial charge < -0.3 is 15.5 Å². The van der Waals surface area contributed by atoms with E-state index in [1.54, 1.807) is 18.2 Å². The molecular weight excluding hydrogens is 300 g/mol. The van der Waals surface area contributed by atoms with Crippen LogP contribution in [0.1, 0.15) is 0 Å². The minimum Gasteiger partial charge on any atom is -0.617 e. The van der Waals surface area contributed by atoms with Gasteiger partial charge in [0.1, 0.15) is 5.75 Å². The molecule has 0 aliphatic rings. The Balaban J connectivity index is 2.61. The maximum absolute atomic E-state index is 12.2. The van der Waals surface area contributed by atoms with Crippen molar-refractivity contribution >= 4 is 38.0 Å². The van der Waals surface area contributed by atoms with Crippen molar-refractivity contribution < 1.29 is 14.6 Å². The zero-order valence-electron chi connectivity index (χ0n) is 9.00. The molecule has 6 heteroatoms. The van der Waals surface area contributed by atoms with E-state index in [0.29, 0.717) is 13.9 Å². The van der Waals surface area contributed by atoms with Crippen LogP contribution in [0.3, 0.4) is 0 Å². The monoisotopic (exact) mass is 306 g/mol. The summed E-state index contributed by atoms with van der Waals surface area (Å²) >= 11 is 3.26. The van der Waals surface area contributed by atoms with Gasteiger partial charge in [0, 0.05) is 22.7 Å². The van der Waals surface area contributed by atoms with Crippen molar-refractivity contribution in [2.45, 2.75) is 0 Å². The molecule has 3 aromatic rings. The van der Waals surface area contributed by atoms with E-state index in [-0.39, 0.29) is 27.8 Å². The number of aromatic hydroxyl groups is 1. The summed E-state index contributed by atoms with van der Waals surface area (Å²) < 4.78 is 2.04. The molecule has 0 amide bonds. The Morgan fingerprint density at radius 1 is 0.833 bits per heavy atom. The molecule has 90 valence electrons. The molecule has 0 atom stereocenters. The molecular formula is C12H7BrN2O3. The Morgan fingerprint density at radius 3 is 2.11 bits per heavy atom. The van der Waals surface area contributed by atoms with Crippen molar-refractivity contribution in [2.24, 2.45) is 0 Å². The third kappa shape index (κ3) is 1.46. The average Bonchev–Trinajstić information content (AvgIpc) is 2.35. The van der Waals surface area contributed by atoms with Gasteiger partial charge in [0.15, 0.2) is 0 Å². The van der Waals surface area contributed by atoms with Gasteiger partial charge >= 0.3 is 0 Å². The third-order valence-electron chi connectivity index (χ3n) is 2.77. The van der Waals surface area contributed by atoms with E-state index in [1.807, 2.05) is 0 Å². The number of fused-ring (bicyclic) bond motifs is 2. The second-order valence-corrected chi connectivity index (χ2v) is 4.81. The van der Waals surface area contributed by atoms with Gasteiger partial charge in [-0.2, -0.15) is 9.46 Å². The van der Waals surface area contributed by atoms with Crippen LogP contribution in [0.5, 0.6) is 5.75 Å². The maximum atomic E-state index is 12.2.